The monoisotopic (exact) mass is 357 g/mol. The maximum absolute atomic E-state index is 12.5. The number of carbonyl (C=O) groups is 2. The Bertz CT molecular complexity index is 804. The normalized spacial score (nSPS) is 12.7. The molecule has 0 radical (unpaired) electrons. The Labute approximate surface area is 150 Å². The minimum absolute atomic E-state index is 0.219. The van der Waals surface area contributed by atoms with Crippen molar-refractivity contribution in [3.05, 3.63) is 48.0 Å². The van der Waals surface area contributed by atoms with E-state index in [4.69, 9.17) is 14.2 Å². The van der Waals surface area contributed by atoms with Crippen LogP contribution in [0.2, 0.25) is 0 Å². The van der Waals surface area contributed by atoms with Gasteiger partial charge < -0.3 is 24.3 Å². The van der Waals surface area contributed by atoms with Crippen molar-refractivity contribution in [1.29, 1.82) is 0 Å². The van der Waals surface area contributed by atoms with Gasteiger partial charge in [-0.2, -0.15) is 0 Å². The molecule has 0 saturated heterocycles. The minimum Gasteiger partial charge on any atom is -0.490 e. The van der Waals surface area contributed by atoms with Crippen LogP contribution in [0.25, 0.3) is 0 Å². The van der Waals surface area contributed by atoms with Gasteiger partial charge in [-0.25, -0.2) is 4.79 Å². The van der Waals surface area contributed by atoms with E-state index in [0.717, 1.165) is 6.42 Å². The van der Waals surface area contributed by atoms with Crippen molar-refractivity contribution >= 4 is 17.6 Å². The summed E-state index contributed by atoms with van der Waals surface area (Å²) in [5.41, 5.74) is 1.000. The Hall–Kier alpha value is -3.22. The number of rotatable bonds is 5. The minimum atomic E-state index is -0.493. The van der Waals surface area contributed by atoms with Crippen molar-refractivity contribution in [3.8, 4) is 17.2 Å². The maximum atomic E-state index is 12.5. The molecule has 1 aliphatic heterocycles. The molecule has 136 valence electrons. The topological polar surface area (TPSA) is 83.1 Å². The van der Waals surface area contributed by atoms with Gasteiger partial charge in [0.05, 0.1) is 20.3 Å². The summed E-state index contributed by atoms with van der Waals surface area (Å²) in [6.45, 7) is 0.963. The van der Waals surface area contributed by atoms with Crippen LogP contribution in [0.1, 0.15) is 16.8 Å². The van der Waals surface area contributed by atoms with Crippen LogP contribution >= 0.6 is 0 Å². The maximum Gasteiger partial charge on any atom is 0.343 e. The van der Waals surface area contributed by atoms with Crippen LogP contribution in [0.3, 0.4) is 0 Å². The fourth-order valence-electron chi connectivity index (χ4n) is 2.37. The van der Waals surface area contributed by atoms with E-state index in [1.54, 1.807) is 42.5 Å². The van der Waals surface area contributed by atoms with Crippen molar-refractivity contribution in [1.82, 2.24) is 0 Å². The first-order valence-corrected chi connectivity index (χ1v) is 8.16. The molecule has 0 unspecified atom stereocenters. The van der Waals surface area contributed by atoms with Gasteiger partial charge in [-0.15, -0.1) is 0 Å². The number of benzene rings is 2. The van der Waals surface area contributed by atoms with Crippen LogP contribution < -0.4 is 19.5 Å². The molecule has 7 heteroatoms. The van der Waals surface area contributed by atoms with Gasteiger partial charge in [0.1, 0.15) is 5.75 Å². The van der Waals surface area contributed by atoms with Crippen molar-refractivity contribution < 1.29 is 28.5 Å². The molecule has 2 aromatic carbocycles. The van der Waals surface area contributed by atoms with E-state index in [1.807, 2.05) is 0 Å². The third kappa shape index (κ3) is 4.44. The fourth-order valence-corrected chi connectivity index (χ4v) is 2.37. The highest BCUT2D eigenvalue weighted by Gasteiger charge is 2.13. The van der Waals surface area contributed by atoms with Gasteiger partial charge in [-0.1, -0.05) is 6.07 Å². The predicted octanol–water partition coefficient (Wildman–Crippen LogP) is 2.65. The summed E-state index contributed by atoms with van der Waals surface area (Å²) < 4.78 is 21.0. The van der Waals surface area contributed by atoms with Crippen molar-refractivity contribution in [2.45, 2.75) is 6.42 Å². The average molecular weight is 357 g/mol. The molecule has 0 bridgehead atoms. The molecular weight excluding hydrogens is 338 g/mol. The zero-order valence-corrected chi connectivity index (χ0v) is 14.3. The predicted molar refractivity (Wildman–Crippen MR) is 94.0 cm³/mol. The van der Waals surface area contributed by atoms with E-state index in [1.165, 1.54) is 7.11 Å². The molecule has 1 N–H and O–H groups in total. The Morgan fingerprint density at radius 1 is 1.08 bits per heavy atom. The highest BCUT2D eigenvalue weighted by molar-refractivity contribution is 6.04. The number of esters is 1. The zero-order valence-electron chi connectivity index (χ0n) is 14.3. The van der Waals surface area contributed by atoms with Gasteiger partial charge in [0.25, 0.3) is 5.91 Å². The third-order valence-corrected chi connectivity index (χ3v) is 3.69. The first kappa shape index (κ1) is 17.6. The number of ether oxygens (including phenoxy) is 4. The van der Waals surface area contributed by atoms with Gasteiger partial charge in [0, 0.05) is 23.7 Å². The Morgan fingerprint density at radius 2 is 1.88 bits per heavy atom. The Morgan fingerprint density at radius 3 is 2.69 bits per heavy atom. The summed E-state index contributed by atoms with van der Waals surface area (Å²) in [7, 11) is 1.28. The van der Waals surface area contributed by atoms with Gasteiger partial charge in [-0.3, -0.25) is 4.79 Å². The summed E-state index contributed by atoms with van der Waals surface area (Å²) >= 11 is 0. The van der Waals surface area contributed by atoms with Crippen LogP contribution in [0.4, 0.5) is 5.69 Å². The molecule has 0 saturated carbocycles. The SMILES string of the molecule is COC(=O)COc1cccc(C(=O)Nc2ccc3c(c2)OCCCO3)c1. The lowest BCUT2D eigenvalue weighted by atomic mass is 10.2. The van der Waals surface area contributed by atoms with Gasteiger partial charge >= 0.3 is 5.97 Å². The molecule has 0 spiro atoms. The Kier molecular flexibility index (Phi) is 5.58. The number of hydrogen-bond acceptors (Lipinski definition) is 6. The van der Waals surface area contributed by atoms with Crippen LogP contribution in [0.5, 0.6) is 17.2 Å². The molecular formula is C19H19NO6. The molecule has 0 atom stereocenters. The molecule has 1 amide bonds. The van der Waals surface area contributed by atoms with Gasteiger partial charge in [0.2, 0.25) is 0 Å². The standard InChI is InChI=1S/C19H19NO6/c1-23-18(21)12-26-15-5-2-4-13(10-15)19(22)20-14-6-7-16-17(11-14)25-9-3-8-24-16/h2,4-7,10-11H,3,8-9,12H2,1H3,(H,20,22). The number of carbonyl (C=O) groups excluding carboxylic acids is 2. The van der Waals surface area contributed by atoms with E-state index in [-0.39, 0.29) is 12.5 Å². The largest absolute Gasteiger partial charge is 0.490 e. The molecule has 1 aliphatic rings. The Balaban J connectivity index is 1.68. The molecule has 7 nitrogen and oxygen atoms in total. The number of hydrogen-bond donors (Lipinski definition) is 1. The smallest absolute Gasteiger partial charge is 0.343 e. The summed E-state index contributed by atoms with van der Waals surface area (Å²) in [4.78, 5) is 23.6. The van der Waals surface area contributed by atoms with Crippen LogP contribution in [0, 0.1) is 0 Å². The number of anilines is 1. The van der Waals surface area contributed by atoms with Crippen LogP contribution in [0.15, 0.2) is 42.5 Å². The molecule has 1 heterocycles. The summed E-state index contributed by atoms with van der Waals surface area (Å²) in [6, 6.07) is 11.8. The molecule has 0 aromatic heterocycles. The highest BCUT2D eigenvalue weighted by Crippen LogP contribution is 2.32. The van der Waals surface area contributed by atoms with Crippen LogP contribution in [-0.4, -0.2) is 38.8 Å². The van der Waals surface area contributed by atoms with E-state index in [9.17, 15) is 9.59 Å². The first-order chi connectivity index (χ1) is 12.7. The summed E-state index contributed by atoms with van der Waals surface area (Å²) in [5, 5.41) is 2.81. The van der Waals surface area contributed by atoms with Crippen LogP contribution in [-0.2, 0) is 9.53 Å². The number of methoxy groups -OCH3 is 1. The second-order valence-electron chi connectivity index (χ2n) is 5.56. The van der Waals surface area contributed by atoms with Gasteiger partial charge in [-0.05, 0) is 30.3 Å². The lowest BCUT2D eigenvalue weighted by molar-refractivity contribution is -0.142. The zero-order chi connectivity index (χ0) is 18.4. The summed E-state index contributed by atoms with van der Waals surface area (Å²) in [5.74, 6) is 0.881. The lowest BCUT2D eigenvalue weighted by Crippen LogP contribution is -2.14. The molecule has 2 aromatic rings. The number of amides is 1. The van der Waals surface area contributed by atoms with E-state index in [2.05, 4.69) is 10.1 Å². The van der Waals surface area contributed by atoms with Crippen molar-refractivity contribution in [2.75, 3.05) is 32.2 Å². The summed E-state index contributed by atoms with van der Waals surface area (Å²) in [6.07, 6.45) is 0.814. The molecule has 3 rings (SSSR count). The number of nitrogens with one attached hydrogen (secondary N) is 1. The third-order valence-electron chi connectivity index (χ3n) is 3.69. The quantitative estimate of drug-likeness (QED) is 0.829. The number of fused-ring (bicyclic) bond motifs is 1. The second kappa shape index (κ2) is 8.24. The second-order valence-corrected chi connectivity index (χ2v) is 5.56. The first-order valence-electron chi connectivity index (χ1n) is 8.16. The van der Waals surface area contributed by atoms with Crippen molar-refractivity contribution in [2.24, 2.45) is 0 Å². The van der Waals surface area contributed by atoms with Crippen molar-refractivity contribution in [3.63, 3.8) is 0 Å². The van der Waals surface area contributed by atoms with E-state index < -0.39 is 5.97 Å². The average Bonchev–Trinajstić information content (AvgIpc) is 2.91. The molecule has 0 aliphatic carbocycles. The highest BCUT2D eigenvalue weighted by atomic mass is 16.6. The lowest BCUT2D eigenvalue weighted by Gasteiger charge is -2.11. The fraction of sp³-hybridized carbons (Fsp3) is 0.263. The molecule has 0 fully saturated rings. The van der Waals surface area contributed by atoms with E-state index >= 15 is 0 Å². The van der Waals surface area contributed by atoms with E-state index in [0.29, 0.717) is 41.7 Å². The molecule has 26 heavy (non-hydrogen) atoms. The van der Waals surface area contributed by atoms with Gasteiger partial charge in [0.15, 0.2) is 18.1 Å².